The van der Waals surface area contributed by atoms with Gasteiger partial charge >= 0.3 is 0 Å². The minimum absolute atomic E-state index is 0.0806. The second kappa shape index (κ2) is 7.39. The number of amides is 1. The number of ether oxygens (including phenoxy) is 2. The number of hydrogen-bond acceptors (Lipinski definition) is 6. The van der Waals surface area contributed by atoms with E-state index in [4.69, 9.17) is 9.47 Å². The van der Waals surface area contributed by atoms with E-state index in [9.17, 15) is 4.79 Å². The molecule has 2 aliphatic rings. The first-order chi connectivity index (χ1) is 12.8. The molecule has 2 N–H and O–H groups in total. The molecule has 1 saturated heterocycles. The average molecular weight is 354 g/mol. The maximum Gasteiger partial charge on any atom is 0.254 e. The third kappa shape index (κ3) is 3.27. The van der Waals surface area contributed by atoms with E-state index < -0.39 is 0 Å². The maximum absolute atomic E-state index is 12.6. The van der Waals surface area contributed by atoms with Gasteiger partial charge in [0.1, 0.15) is 0 Å². The molecule has 0 bridgehead atoms. The van der Waals surface area contributed by atoms with Gasteiger partial charge in [0.05, 0.1) is 18.3 Å². The van der Waals surface area contributed by atoms with E-state index in [0.717, 1.165) is 18.7 Å². The maximum atomic E-state index is 12.6. The molecule has 4 rings (SSSR count). The van der Waals surface area contributed by atoms with Crippen LogP contribution in [-0.4, -0.2) is 48.3 Å². The van der Waals surface area contributed by atoms with Crippen LogP contribution in [0.15, 0.2) is 42.7 Å². The Morgan fingerprint density at radius 1 is 1.27 bits per heavy atom. The van der Waals surface area contributed by atoms with Crippen LogP contribution < -0.4 is 10.6 Å². The van der Waals surface area contributed by atoms with Crippen LogP contribution in [0.1, 0.15) is 16.8 Å². The smallest absolute Gasteiger partial charge is 0.254 e. The number of methoxy groups -OCH3 is 1. The Kier molecular flexibility index (Phi) is 4.81. The van der Waals surface area contributed by atoms with Crippen LogP contribution >= 0.6 is 0 Å². The largest absolute Gasteiger partial charge is 0.384 e. The summed E-state index contributed by atoms with van der Waals surface area (Å²) < 4.78 is 11.0. The number of fused-ring (bicyclic) bond motifs is 1. The van der Waals surface area contributed by atoms with E-state index in [0.29, 0.717) is 24.0 Å². The molecular weight excluding hydrogens is 332 g/mol. The lowest BCUT2D eigenvalue weighted by Crippen LogP contribution is -2.62. The van der Waals surface area contributed by atoms with Gasteiger partial charge in [0.2, 0.25) is 5.95 Å². The molecule has 2 aromatic rings. The minimum atomic E-state index is -0.160. The average Bonchev–Trinajstić information content (AvgIpc) is 3.10. The van der Waals surface area contributed by atoms with Crippen LogP contribution in [0.3, 0.4) is 0 Å². The van der Waals surface area contributed by atoms with Crippen molar-refractivity contribution in [2.45, 2.75) is 18.6 Å². The van der Waals surface area contributed by atoms with Gasteiger partial charge in [0, 0.05) is 49.7 Å². The summed E-state index contributed by atoms with van der Waals surface area (Å²) in [5, 5.41) is 6.21. The number of carbonyl (C=O) groups excluding carboxylic acids is 1. The van der Waals surface area contributed by atoms with Gasteiger partial charge in [0.15, 0.2) is 0 Å². The molecule has 4 atom stereocenters. The van der Waals surface area contributed by atoms with Gasteiger partial charge in [-0.1, -0.05) is 18.2 Å². The lowest BCUT2D eigenvalue weighted by Gasteiger charge is -2.47. The number of nitrogens with zero attached hydrogens (tertiary/aromatic N) is 2. The van der Waals surface area contributed by atoms with Gasteiger partial charge in [0.25, 0.3) is 5.91 Å². The van der Waals surface area contributed by atoms with Crippen molar-refractivity contribution in [1.29, 1.82) is 0 Å². The summed E-state index contributed by atoms with van der Waals surface area (Å²) >= 11 is 0. The zero-order valence-corrected chi connectivity index (χ0v) is 14.6. The Bertz CT molecular complexity index is 753. The zero-order chi connectivity index (χ0) is 17.9. The van der Waals surface area contributed by atoms with Gasteiger partial charge in [-0.25, -0.2) is 9.97 Å². The highest BCUT2D eigenvalue weighted by Crippen LogP contribution is 2.43. The summed E-state index contributed by atoms with van der Waals surface area (Å²) in [6.45, 7) is 1.34. The summed E-state index contributed by atoms with van der Waals surface area (Å²) in [7, 11) is 1.67. The number of rotatable bonds is 6. The first-order valence-corrected chi connectivity index (χ1v) is 8.82. The number of anilines is 2. The number of para-hydroxylation sites is 1. The Hall–Kier alpha value is -2.51. The first kappa shape index (κ1) is 16.9. The van der Waals surface area contributed by atoms with Gasteiger partial charge < -0.3 is 20.1 Å². The van der Waals surface area contributed by atoms with Gasteiger partial charge in [-0.05, 0) is 18.6 Å². The van der Waals surface area contributed by atoms with Gasteiger partial charge in [-0.3, -0.25) is 4.79 Å². The Labute approximate surface area is 152 Å². The minimum Gasteiger partial charge on any atom is -0.384 e. The van der Waals surface area contributed by atoms with Crippen molar-refractivity contribution in [3.63, 3.8) is 0 Å². The fourth-order valence-electron chi connectivity index (χ4n) is 3.83. The van der Waals surface area contributed by atoms with E-state index in [1.807, 2.05) is 30.3 Å². The molecule has 2 heterocycles. The molecule has 4 unspecified atom stereocenters. The molecular formula is C19H22N4O3. The number of benzene rings is 1. The zero-order valence-electron chi connectivity index (χ0n) is 14.6. The van der Waals surface area contributed by atoms with Gasteiger partial charge in [-0.2, -0.15) is 0 Å². The van der Waals surface area contributed by atoms with Crippen LogP contribution in [0.2, 0.25) is 0 Å². The second-order valence-corrected chi connectivity index (χ2v) is 6.69. The SMILES string of the molecule is COCC1C(NC(=O)c2cnc(Nc3ccccc3)nc2)C2CCOC21. The second-order valence-electron chi connectivity index (χ2n) is 6.69. The lowest BCUT2D eigenvalue weighted by molar-refractivity contribution is -0.0809. The summed E-state index contributed by atoms with van der Waals surface area (Å²) in [5.74, 6) is 0.876. The van der Waals surface area contributed by atoms with Crippen LogP contribution in [-0.2, 0) is 9.47 Å². The number of hydrogen-bond donors (Lipinski definition) is 2. The Morgan fingerprint density at radius 3 is 2.77 bits per heavy atom. The monoisotopic (exact) mass is 354 g/mol. The number of aromatic nitrogens is 2. The molecule has 1 aliphatic heterocycles. The first-order valence-electron chi connectivity index (χ1n) is 8.82. The molecule has 1 aromatic heterocycles. The third-order valence-corrected chi connectivity index (χ3v) is 5.13. The molecule has 0 radical (unpaired) electrons. The fraction of sp³-hybridized carbons (Fsp3) is 0.421. The van der Waals surface area contributed by atoms with Crippen LogP contribution in [0.25, 0.3) is 0 Å². The molecule has 1 aliphatic carbocycles. The molecule has 1 saturated carbocycles. The fourth-order valence-corrected chi connectivity index (χ4v) is 3.83. The number of carbonyl (C=O) groups is 1. The lowest BCUT2D eigenvalue weighted by atomic mass is 9.67. The molecule has 136 valence electrons. The van der Waals surface area contributed by atoms with E-state index in [-0.39, 0.29) is 24.0 Å². The van der Waals surface area contributed by atoms with E-state index >= 15 is 0 Å². The van der Waals surface area contributed by atoms with Crippen molar-refractivity contribution in [3.05, 3.63) is 48.3 Å². The Balaban J connectivity index is 1.39. The summed E-state index contributed by atoms with van der Waals surface area (Å²) in [5.41, 5.74) is 1.34. The summed E-state index contributed by atoms with van der Waals surface area (Å²) in [6, 6.07) is 9.74. The standard InChI is InChI=1S/C19H22N4O3/c1-25-11-15-16(14-7-8-26-17(14)15)23-18(24)12-9-20-19(21-10-12)22-13-5-3-2-4-6-13/h2-6,9-10,14-17H,7-8,11H2,1H3,(H,23,24)(H,20,21,22). The topological polar surface area (TPSA) is 85.4 Å². The molecule has 0 spiro atoms. The molecule has 1 aromatic carbocycles. The predicted molar refractivity (Wildman–Crippen MR) is 96.2 cm³/mol. The Morgan fingerprint density at radius 2 is 2.04 bits per heavy atom. The quantitative estimate of drug-likeness (QED) is 0.825. The van der Waals surface area contributed by atoms with Crippen molar-refractivity contribution in [2.75, 3.05) is 25.6 Å². The van der Waals surface area contributed by atoms with E-state index in [1.54, 1.807) is 19.5 Å². The van der Waals surface area contributed by atoms with Crippen LogP contribution in [0.4, 0.5) is 11.6 Å². The molecule has 1 amide bonds. The van der Waals surface area contributed by atoms with Crippen molar-refractivity contribution < 1.29 is 14.3 Å². The van der Waals surface area contributed by atoms with Gasteiger partial charge in [-0.15, -0.1) is 0 Å². The highest BCUT2D eigenvalue weighted by atomic mass is 16.5. The number of nitrogens with one attached hydrogen (secondary N) is 2. The summed E-state index contributed by atoms with van der Waals surface area (Å²) in [4.78, 5) is 21.0. The van der Waals surface area contributed by atoms with Crippen LogP contribution in [0.5, 0.6) is 0 Å². The highest BCUT2D eigenvalue weighted by Gasteiger charge is 2.54. The van der Waals surface area contributed by atoms with Crippen LogP contribution in [0, 0.1) is 11.8 Å². The molecule has 7 nitrogen and oxygen atoms in total. The summed E-state index contributed by atoms with van der Waals surface area (Å²) in [6.07, 6.45) is 4.26. The van der Waals surface area contributed by atoms with E-state index in [2.05, 4.69) is 20.6 Å². The third-order valence-electron chi connectivity index (χ3n) is 5.13. The molecule has 2 fully saturated rings. The van der Waals surface area contributed by atoms with E-state index in [1.165, 1.54) is 0 Å². The normalized spacial score (nSPS) is 26.7. The highest BCUT2D eigenvalue weighted by molar-refractivity contribution is 5.94. The molecule has 7 heteroatoms. The predicted octanol–water partition coefficient (Wildman–Crippen LogP) is 2.00. The van der Waals surface area contributed by atoms with Crippen molar-refractivity contribution >= 4 is 17.5 Å². The molecule has 26 heavy (non-hydrogen) atoms. The van der Waals surface area contributed by atoms with Crippen molar-refractivity contribution in [2.24, 2.45) is 11.8 Å². The van der Waals surface area contributed by atoms with Crippen molar-refractivity contribution in [1.82, 2.24) is 15.3 Å². The van der Waals surface area contributed by atoms with Crippen molar-refractivity contribution in [3.8, 4) is 0 Å².